The van der Waals surface area contributed by atoms with Crippen molar-refractivity contribution in [3.63, 3.8) is 0 Å². The van der Waals surface area contributed by atoms with E-state index in [9.17, 15) is 4.79 Å². The first-order valence-corrected chi connectivity index (χ1v) is 7.62. The minimum Gasteiger partial charge on any atom is -0.496 e. The van der Waals surface area contributed by atoms with E-state index in [0.717, 1.165) is 29.7 Å². The summed E-state index contributed by atoms with van der Waals surface area (Å²) in [5, 5.41) is 3.18. The van der Waals surface area contributed by atoms with E-state index in [4.69, 9.17) is 4.74 Å². The molecular formula is C17H25NO2. The van der Waals surface area contributed by atoms with Crippen molar-refractivity contribution in [2.45, 2.75) is 57.9 Å². The van der Waals surface area contributed by atoms with Crippen molar-refractivity contribution in [2.75, 3.05) is 7.11 Å². The average Bonchev–Trinajstić information content (AvgIpc) is 2.67. The molecule has 0 aromatic heterocycles. The predicted molar refractivity (Wildman–Crippen MR) is 81.1 cm³/mol. The van der Waals surface area contributed by atoms with E-state index in [0.29, 0.717) is 12.5 Å². The van der Waals surface area contributed by atoms with Crippen molar-refractivity contribution in [1.82, 2.24) is 5.32 Å². The van der Waals surface area contributed by atoms with Crippen molar-refractivity contribution in [2.24, 2.45) is 0 Å². The monoisotopic (exact) mass is 275 g/mol. The third kappa shape index (κ3) is 4.26. The summed E-state index contributed by atoms with van der Waals surface area (Å²) in [6.07, 6.45) is 7.72. The zero-order valence-corrected chi connectivity index (χ0v) is 12.6. The molecule has 0 atom stereocenters. The molecule has 0 unspecified atom stereocenters. The van der Waals surface area contributed by atoms with Gasteiger partial charge in [0.1, 0.15) is 5.75 Å². The molecule has 110 valence electrons. The van der Waals surface area contributed by atoms with Gasteiger partial charge in [-0.15, -0.1) is 0 Å². The van der Waals surface area contributed by atoms with Gasteiger partial charge in [0.05, 0.1) is 13.5 Å². The Balaban J connectivity index is 1.95. The summed E-state index contributed by atoms with van der Waals surface area (Å²) in [7, 11) is 1.65. The maximum atomic E-state index is 12.2. The van der Waals surface area contributed by atoms with Gasteiger partial charge in [0.15, 0.2) is 0 Å². The van der Waals surface area contributed by atoms with Gasteiger partial charge in [-0.2, -0.15) is 0 Å². The summed E-state index contributed by atoms with van der Waals surface area (Å²) in [6.45, 7) is 2.03. The molecule has 1 fully saturated rings. The Hall–Kier alpha value is -1.51. The van der Waals surface area contributed by atoms with E-state index in [-0.39, 0.29) is 5.91 Å². The molecule has 0 radical (unpaired) electrons. The molecule has 3 heteroatoms. The highest BCUT2D eigenvalue weighted by molar-refractivity contribution is 5.79. The van der Waals surface area contributed by atoms with E-state index >= 15 is 0 Å². The number of methoxy groups -OCH3 is 1. The number of hydrogen-bond acceptors (Lipinski definition) is 2. The molecule has 1 saturated carbocycles. The van der Waals surface area contributed by atoms with Crippen LogP contribution in [-0.2, 0) is 11.2 Å². The van der Waals surface area contributed by atoms with Crippen LogP contribution in [-0.4, -0.2) is 19.1 Å². The fraction of sp³-hybridized carbons (Fsp3) is 0.588. The quantitative estimate of drug-likeness (QED) is 0.855. The van der Waals surface area contributed by atoms with Gasteiger partial charge in [0, 0.05) is 11.6 Å². The van der Waals surface area contributed by atoms with Crippen LogP contribution < -0.4 is 10.1 Å². The van der Waals surface area contributed by atoms with Crippen LogP contribution in [0.4, 0.5) is 0 Å². The van der Waals surface area contributed by atoms with Gasteiger partial charge in [0.2, 0.25) is 5.91 Å². The largest absolute Gasteiger partial charge is 0.496 e. The maximum Gasteiger partial charge on any atom is 0.224 e. The number of benzene rings is 1. The number of nitrogens with one attached hydrogen (secondary N) is 1. The van der Waals surface area contributed by atoms with Crippen LogP contribution in [0.2, 0.25) is 0 Å². The van der Waals surface area contributed by atoms with Crippen molar-refractivity contribution in [3.05, 3.63) is 29.3 Å². The predicted octanol–water partition coefficient (Wildman–Crippen LogP) is 3.39. The number of ether oxygens (including phenoxy) is 1. The third-order valence-electron chi connectivity index (χ3n) is 4.01. The first-order chi connectivity index (χ1) is 9.69. The Morgan fingerprint density at radius 3 is 2.60 bits per heavy atom. The number of rotatable bonds is 4. The lowest BCUT2D eigenvalue weighted by atomic mass is 10.1. The number of hydrogen-bond donors (Lipinski definition) is 1. The summed E-state index contributed by atoms with van der Waals surface area (Å²) < 4.78 is 5.33. The summed E-state index contributed by atoms with van der Waals surface area (Å²) in [5.41, 5.74) is 2.13. The van der Waals surface area contributed by atoms with Crippen molar-refractivity contribution in [1.29, 1.82) is 0 Å². The van der Waals surface area contributed by atoms with E-state index < -0.39 is 0 Å². The summed E-state index contributed by atoms with van der Waals surface area (Å²) in [6, 6.07) is 6.33. The van der Waals surface area contributed by atoms with Gasteiger partial charge in [-0.1, -0.05) is 43.4 Å². The van der Waals surface area contributed by atoms with Crippen molar-refractivity contribution < 1.29 is 9.53 Å². The molecular weight excluding hydrogens is 250 g/mol. The van der Waals surface area contributed by atoms with E-state index in [2.05, 4.69) is 5.32 Å². The second-order valence-electron chi connectivity index (χ2n) is 5.75. The van der Waals surface area contributed by atoms with Gasteiger partial charge in [-0.25, -0.2) is 0 Å². The Labute approximate surface area is 121 Å². The smallest absolute Gasteiger partial charge is 0.224 e. The highest BCUT2D eigenvalue weighted by atomic mass is 16.5. The van der Waals surface area contributed by atoms with Crippen LogP contribution in [0.1, 0.15) is 49.7 Å². The first-order valence-electron chi connectivity index (χ1n) is 7.62. The second-order valence-corrected chi connectivity index (χ2v) is 5.75. The van der Waals surface area contributed by atoms with Gasteiger partial charge in [-0.3, -0.25) is 4.79 Å². The standard InChI is InChI=1S/C17H25NO2/c1-13-9-10-16(20-2)14(11-13)12-17(19)18-15-7-5-3-4-6-8-15/h9-11,15H,3-8,12H2,1-2H3,(H,18,19). The zero-order valence-electron chi connectivity index (χ0n) is 12.6. The van der Waals surface area contributed by atoms with Gasteiger partial charge < -0.3 is 10.1 Å². The summed E-state index contributed by atoms with van der Waals surface area (Å²) in [4.78, 5) is 12.2. The Kier molecular flexibility index (Phi) is 5.45. The molecule has 0 aliphatic heterocycles. The topological polar surface area (TPSA) is 38.3 Å². The molecule has 2 rings (SSSR count). The molecule has 1 aliphatic carbocycles. The number of carbonyl (C=O) groups excluding carboxylic acids is 1. The van der Waals surface area contributed by atoms with Crippen molar-refractivity contribution in [3.8, 4) is 5.75 Å². The number of carbonyl (C=O) groups is 1. The Morgan fingerprint density at radius 1 is 1.25 bits per heavy atom. The lowest BCUT2D eigenvalue weighted by molar-refractivity contribution is -0.121. The fourth-order valence-electron chi connectivity index (χ4n) is 2.92. The minimum absolute atomic E-state index is 0.112. The van der Waals surface area contributed by atoms with E-state index in [1.165, 1.54) is 25.7 Å². The van der Waals surface area contributed by atoms with Crippen LogP contribution in [0, 0.1) is 6.92 Å². The molecule has 0 bridgehead atoms. The van der Waals surface area contributed by atoms with E-state index in [1.54, 1.807) is 7.11 Å². The Morgan fingerprint density at radius 2 is 1.95 bits per heavy atom. The fourth-order valence-corrected chi connectivity index (χ4v) is 2.92. The molecule has 1 N–H and O–H groups in total. The highest BCUT2D eigenvalue weighted by Crippen LogP contribution is 2.21. The molecule has 0 heterocycles. The van der Waals surface area contributed by atoms with Gasteiger partial charge in [0.25, 0.3) is 0 Å². The van der Waals surface area contributed by atoms with Crippen LogP contribution in [0.3, 0.4) is 0 Å². The molecule has 20 heavy (non-hydrogen) atoms. The molecule has 0 spiro atoms. The first kappa shape index (κ1) is 14.9. The van der Waals surface area contributed by atoms with Crippen molar-refractivity contribution >= 4 is 5.91 Å². The van der Waals surface area contributed by atoms with Gasteiger partial charge in [-0.05, 0) is 25.8 Å². The van der Waals surface area contributed by atoms with Gasteiger partial charge >= 0.3 is 0 Å². The molecule has 3 nitrogen and oxygen atoms in total. The number of aryl methyl sites for hydroxylation is 1. The normalized spacial score (nSPS) is 16.5. The average molecular weight is 275 g/mol. The zero-order chi connectivity index (χ0) is 14.4. The summed E-state index contributed by atoms with van der Waals surface area (Å²) in [5.74, 6) is 0.910. The second kappa shape index (κ2) is 7.32. The molecule has 1 aliphatic rings. The van der Waals surface area contributed by atoms with Crippen LogP contribution in [0.5, 0.6) is 5.75 Å². The Bertz CT molecular complexity index is 448. The molecule has 1 aromatic carbocycles. The highest BCUT2D eigenvalue weighted by Gasteiger charge is 2.16. The molecule has 0 saturated heterocycles. The third-order valence-corrected chi connectivity index (χ3v) is 4.01. The van der Waals surface area contributed by atoms with Crippen LogP contribution in [0.15, 0.2) is 18.2 Å². The summed E-state index contributed by atoms with van der Waals surface area (Å²) >= 11 is 0. The van der Waals surface area contributed by atoms with E-state index in [1.807, 2.05) is 25.1 Å². The van der Waals surface area contributed by atoms with Crippen LogP contribution >= 0.6 is 0 Å². The molecule has 1 amide bonds. The van der Waals surface area contributed by atoms with Crippen LogP contribution in [0.25, 0.3) is 0 Å². The SMILES string of the molecule is COc1ccc(C)cc1CC(=O)NC1CCCCCC1. The maximum absolute atomic E-state index is 12.2. The lowest BCUT2D eigenvalue weighted by Gasteiger charge is -2.17. The number of amides is 1. The lowest BCUT2D eigenvalue weighted by Crippen LogP contribution is -2.35. The minimum atomic E-state index is 0.112. The molecule has 1 aromatic rings.